The van der Waals surface area contributed by atoms with Crippen molar-refractivity contribution < 1.29 is 13.2 Å². The van der Waals surface area contributed by atoms with Crippen LogP contribution in [0.2, 0.25) is 10.0 Å². The summed E-state index contributed by atoms with van der Waals surface area (Å²) in [6.45, 7) is -1.32. The molecule has 2 aromatic heterocycles. The van der Waals surface area contributed by atoms with Crippen LogP contribution in [0.25, 0.3) is 22.2 Å². The lowest BCUT2D eigenvalue weighted by Gasteiger charge is -2.16. The SMILES string of the molecule is CSc1ncc2c(=O)c(-c3c(Cl)cccc3Cl)cn(CC(F)(F)F)c2n1. The van der Waals surface area contributed by atoms with Crippen LogP contribution in [-0.2, 0) is 6.54 Å². The minimum absolute atomic E-state index is 0.0412. The smallest absolute Gasteiger partial charge is 0.322 e. The number of hydrogen-bond donors (Lipinski definition) is 0. The van der Waals surface area contributed by atoms with E-state index in [0.29, 0.717) is 0 Å². The summed E-state index contributed by atoms with van der Waals surface area (Å²) < 4.78 is 40.0. The van der Waals surface area contributed by atoms with Crippen molar-refractivity contribution in [3.05, 3.63) is 50.9 Å². The number of rotatable bonds is 3. The van der Waals surface area contributed by atoms with E-state index in [9.17, 15) is 18.0 Å². The van der Waals surface area contributed by atoms with Crippen LogP contribution in [0, 0.1) is 0 Å². The summed E-state index contributed by atoms with van der Waals surface area (Å²) >= 11 is 13.4. The van der Waals surface area contributed by atoms with Crippen LogP contribution in [-0.4, -0.2) is 27.0 Å². The second kappa shape index (κ2) is 7.09. The second-order valence-corrected chi connectivity index (χ2v) is 6.89. The third-order valence-electron chi connectivity index (χ3n) is 3.56. The van der Waals surface area contributed by atoms with Gasteiger partial charge in [0, 0.05) is 23.5 Å². The van der Waals surface area contributed by atoms with Crippen molar-refractivity contribution in [1.82, 2.24) is 14.5 Å². The van der Waals surface area contributed by atoms with Crippen LogP contribution in [0.1, 0.15) is 0 Å². The van der Waals surface area contributed by atoms with Gasteiger partial charge >= 0.3 is 6.18 Å². The van der Waals surface area contributed by atoms with Gasteiger partial charge in [0.25, 0.3) is 0 Å². The summed E-state index contributed by atoms with van der Waals surface area (Å²) in [5.74, 6) is 0. The molecule has 4 nitrogen and oxygen atoms in total. The van der Waals surface area contributed by atoms with E-state index in [1.807, 2.05) is 0 Å². The Morgan fingerprint density at radius 1 is 1.23 bits per heavy atom. The Morgan fingerprint density at radius 2 is 1.88 bits per heavy atom. The summed E-state index contributed by atoms with van der Waals surface area (Å²) in [5, 5.41) is 0.542. The van der Waals surface area contributed by atoms with Crippen molar-refractivity contribution in [3.8, 4) is 11.1 Å². The van der Waals surface area contributed by atoms with Crippen LogP contribution in [0.3, 0.4) is 0 Å². The average Bonchev–Trinajstić information content (AvgIpc) is 2.56. The molecule has 0 radical (unpaired) electrons. The summed E-state index contributed by atoms with van der Waals surface area (Å²) in [4.78, 5) is 20.9. The van der Waals surface area contributed by atoms with Crippen molar-refractivity contribution in [3.63, 3.8) is 0 Å². The minimum atomic E-state index is -4.51. The molecule has 0 aliphatic rings. The molecule has 0 spiro atoms. The largest absolute Gasteiger partial charge is 0.406 e. The summed E-state index contributed by atoms with van der Waals surface area (Å²) in [6, 6.07) is 4.60. The molecule has 1 aromatic carbocycles. The van der Waals surface area contributed by atoms with Crippen molar-refractivity contribution in [2.75, 3.05) is 6.26 Å². The molecule has 0 aliphatic carbocycles. The summed E-state index contributed by atoms with van der Waals surface area (Å²) in [6.07, 6.45) is -0.515. The van der Waals surface area contributed by atoms with Gasteiger partial charge in [-0.25, -0.2) is 9.97 Å². The van der Waals surface area contributed by atoms with Crippen molar-refractivity contribution in [2.45, 2.75) is 17.9 Å². The molecule has 0 bridgehead atoms. The van der Waals surface area contributed by atoms with Crippen LogP contribution >= 0.6 is 35.0 Å². The monoisotopic (exact) mass is 419 g/mol. The van der Waals surface area contributed by atoms with Gasteiger partial charge in [-0.2, -0.15) is 13.2 Å². The Hall–Kier alpha value is -1.77. The van der Waals surface area contributed by atoms with E-state index in [4.69, 9.17) is 23.2 Å². The molecule has 0 N–H and O–H groups in total. The minimum Gasteiger partial charge on any atom is -0.322 e. The number of nitrogens with zero attached hydrogens (tertiary/aromatic N) is 3. The fraction of sp³-hybridized carbons (Fsp3) is 0.188. The second-order valence-electron chi connectivity index (χ2n) is 5.31. The van der Waals surface area contributed by atoms with Gasteiger partial charge < -0.3 is 4.57 Å². The first-order chi connectivity index (χ1) is 12.2. The first-order valence-corrected chi connectivity index (χ1v) is 9.14. The number of alkyl halides is 3. The van der Waals surface area contributed by atoms with Crippen molar-refractivity contribution >= 4 is 46.0 Å². The van der Waals surface area contributed by atoms with E-state index < -0.39 is 18.1 Å². The lowest BCUT2D eigenvalue weighted by Crippen LogP contribution is -2.22. The maximum Gasteiger partial charge on any atom is 0.406 e. The van der Waals surface area contributed by atoms with E-state index in [1.165, 1.54) is 18.3 Å². The molecule has 0 amide bonds. The van der Waals surface area contributed by atoms with E-state index in [2.05, 4.69) is 9.97 Å². The lowest BCUT2D eigenvalue weighted by molar-refractivity contribution is -0.140. The maximum atomic E-state index is 13.0. The molecule has 26 heavy (non-hydrogen) atoms. The van der Waals surface area contributed by atoms with Gasteiger partial charge in [0.05, 0.1) is 15.4 Å². The highest BCUT2D eigenvalue weighted by Gasteiger charge is 2.29. The Morgan fingerprint density at radius 3 is 2.46 bits per heavy atom. The third-order valence-corrected chi connectivity index (χ3v) is 4.75. The molecule has 3 rings (SSSR count). The molecule has 0 unspecified atom stereocenters. The predicted octanol–water partition coefficient (Wildman–Crippen LogP) is 5.05. The molecular formula is C16H10Cl2F3N3OS. The predicted molar refractivity (Wildman–Crippen MR) is 97.1 cm³/mol. The van der Waals surface area contributed by atoms with Crippen LogP contribution in [0.4, 0.5) is 13.2 Å². The molecule has 0 fully saturated rings. The number of halogens is 5. The molecule has 136 valence electrons. The zero-order valence-corrected chi connectivity index (χ0v) is 15.5. The summed E-state index contributed by atoms with van der Waals surface area (Å²) in [7, 11) is 0. The third kappa shape index (κ3) is 3.67. The highest BCUT2D eigenvalue weighted by Crippen LogP contribution is 2.34. The number of pyridine rings is 1. The van der Waals surface area contributed by atoms with Crippen molar-refractivity contribution in [2.24, 2.45) is 0 Å². The van der Waals surface area contributed by atoms with E-state index in [0.717, 1.165) is 22.5 Å². The highest BCUT2D eigenvalue weighted by molar-refractivity contribution is 7.98. The van der Waals surface area contributed by atoms with Crippen LogP contribution in [0.15, 0.2) is 40.5 Å². The zero-order chi connectivity index (χ0) is 19.1. The Labute approximate surface area is 160 Å². The topological polar surface area (TPSA) is 47.8 Å². The quantitative estimate of drug-likeness (QED) is 0.440. The maximum absolute atomic E-state index is 13.0. The zero-order valence-electron chi connectivity index (χ0n) is 13.1. The molecule has 2 heterocycles. The van der Waals surface area contributed by atoms with Gasteiger partial charge in [0.1, 0.15) is 12.2 Å². The van der Waals surface area contributed by atoms with Crippen molar-refractivity contribution in [1.29, 1.82) is 0 Å². The molecule has 0 aliphatic heterocycles. The van der Waals surface area contributed by atoms with Gasteiger partial charge in [-0.1, -0.05) is 41.0 Å². The van der Waals surface area contributed by atoms with E-state index >= 15 is 0 Å². The summed E-state index contributed by atoms with van der Waals surface area (Å²) in [5.41, 5.74) is -0.509. The van der Waals surface area contributed by atoms with Gasteiger partial charge in [-0.15, -0.1) is 0 Å². The lowest BCUT2D eigenvalue weighted by atomic mass is 10.1. The molecule has 3 aromatic rings. The highest BCUT2D eigenvalue weighted by atomic mass is 35.5. The standard InChI is InChI=1S/C16H10Cl2F3N3OS/c1-26-15-22-5-8-13(25)9(12-10(17)3-2-4-11(12)18)6-24(14(8)23-15)7-16(19,20)21/h2-6H,7H2,1H3. The van der Waals surface area contributed by atoms with Crippen LogP contribution < -0.4 is 5.43 Å². The number of thioether (sulfide) groups is 1. The van der Waals surface area contributed by atoms with Gasteiger partial charge in [0.2, 0.25) is 5.43 Å². The van der Waals surface area contributed by atoms with Gasteiger partial charge in [0.15, 0.2) is 5.16 Å². The molecule has 0 saturated heterocycles. The number of benzene rings is 1. The fourth-order valence-corrected chi connectivity index (χ4v) is 3.44. The number of aromatic nitrogens is 3. The normalized spacial score (nSPS) is 11.9. The first kappa shape index (κ1) is 19.0. The fourth-order valence-electron chi connectivity index (χ4n) is 2.50. The number of fused-ring (bicyclic) bond motifs is 1. The first-order valence-electron chi connectivity index (χ1n) is 7.16. The van der Waals surface area contributed by atoms with Gasteiger partial charge in [-0.3, -0.25) is 4.79 Å². The Bertz CT molecular complexity index is 1030. The van der Waals surface area contributed by atoms with E-state index in [1.54, 1.807) is 12.3 Å². The Balaban J connectivity index is 2.39. The molecule has 0 saturated carbocycles. The molecule has 0 atom stereocenters. The average molecular weight is 420 g/mol. The van der Waals surface area contributed by atoms with Gasteiger partial charge in [-0.05, 0) is 18.4 Å². The molecular weight excluding hydrogens is 410 g/mol. The van der Waals surface area contributed by atoms with E-state index in [-0.39, 0.29) is 37.4 Å². The molecule has 10 heteroatoms. The number of hydrogen-bond acceptors (Lipinski definition) is 4. The van der Waals surface area contributed by atoms with Crippen LogP contribution in [0.5, 0.6) is 0 Å². The Kier molecular flexibility index (Phi) is 5.18.